The van der Waals surface area contributed by atoms with Crippen molar-refractivity contribution in [2.75, 3.05) is 0 Å². The highest BCUT2D eigenvalue weighted by Crippen LogP contribution is 2.36. The molecule has 0 saturated heterocycles. The minimum absolute atomic E-state index is 0.168. The summed E-state index contributed by atoms with van der Waals surface area (Å²) < 4.78 is 1.96. The molecule has 12 heavy (non-hydrogen) atoms. The summed E-state index contributed by atoms with van der Waals surface area (Å²) in [6, 6.07) is 0. The second kappa shape index (κ2) is 2.00. The molecule has 0 aliphatic heterocycles. The van der Waals surface area contributed by atoms with Crippen molar-refractivity contribution < 1.29 is 4.79 Å². The molecule has 1 aromatic heterocycles. The quantitative estimate of drug-likeness (QED) is 0.571. The van der Waals surface area contributed by atoms with Gasteiger partial charge in [-0.25, -0.2) is 0 Å². The van der Waals surface area contributed by atoms with Gasteiger partial charge >= 0.3 is 0 Å². The van der Waals surface area contributed by atoms with Crippen LogP contribution in [0.15, 0.2) is 12.4 Å². The Hall–Kier alpha value is -1.05. The largest absolute Gasteiger partial charge is 0.356 e. The number of nitrogens with zero attached hydrogens (tertiary/aromatic N) is 1. The lowest BCUT2D eigenvalue weighted by atomic mass is 9.89. The maximum Gasteiger partial charge on any atom is 0.170 e. The number of Topliss-reactive ketones (excluding diaryl/α,β-unsaturated/α-hetero) is 1. The van der Waals surface area contributed by atoms with Crippen LogP contribution >= 0.6 is 0 Å². The lowest BCUT2D eigenvalue weighted by Gasteiger charge is -2.13. The molecule has 0 aromatic carbocycles. The van der Waals surface area contributed by atoms with Crippen LogP contribution in [0.4, 0.5) is 0 Å². The Balaban J connectivity index is 2.53. The summed E-state index contributed by atoms with van der Waals surface area (Å²) in [4.78, 5) is 11.7. The number of fused-ring (bicyclic) bond motifs is 1. The summed E-state index contributed by atoms with van der Waals surface area (Å²) in [5.41, 5.74) is 1.95. The van der Waals surface area contributed by atoms with Crippen LogP contribution in [0.5, 0.6) is 0 Å². The summed E-state index contributed by atoms with van der Waals surface area (Å²) in [7, 11) is 1.96. The molecule has 0 unspecified atom stereocenters. The zero-order valence-corrected chi connectivity index (χ0v) is 7.72. The molecule has 0 spiro atoms. The van der Waals surface area contributed by atoms with Gasteiger partial charge in [-0.15, -0.1) is 0 Å². The number of hydrogen-bond donors (Lipinski definition) is 0. The summed E-state index contributed by atoms with van der Waals surface area (Å²) in [6.07, 6.45) is 4.86. The molecule has 0 fully saturated rings. The maximum absolute atomic E-state index is 11.7. The smallest absolute Gasteiger partial charge is 0.170 e. The molecule has 64 valence electrons. The Morgan fingerprint density at radius 3 is 2.67 bits per heavy atom. The number of carbonyl (C=O) groups is 1. The first-order chi connectivity index (χ1) is 5.50. The van der Waals surface area contributed by atoms with Gasteiger partial charge < -0.3 is 4.57 Å². The predicted molar refractivity (Wildman–Crippen MR) is 47.2 cm³/mol. The molecule has 0 bridgehead atoms. The fourth-order valence-corrected chi connectivity index (χ4v) is 1.91. The van der Waals surface area contributed by atoms with E-state index in [0.717, 1.165) is 12.0 Å². The summed E-state index contributed by atoms with van der Waals surface area (Å²) in [5.74, 6) is 0.290. The van der Waals surface area contributed by atoms with Crippen LogP contribution in [-0.2, 0) is 13.5 Å². The fraction of sp³-hybridized carbons (Fsp3) is 0.500. The van der Waals surface area contributed by atoms with Crippen molar-refractivity contribution in [1.82, 2.24) is 4.57 Å². The SMILES string of the molecule is Cn1cc2c(c1)C(=O)C(C)(C)C2. The summed E-state index contributed by atoms with van der Waals surface area (Å²) >= 11 is 0. The third-order valence-electron chi connectivity index (χ3n) is 2.53. The number of rotatable bonds is 0. The lowest BCUT2D eigenvalue weighted by Crippen LogP contribution is -2.19. The van der Waals surface area contributed by atoms with Crippen molar-refractivity contribution in [3.8, 4) is 0 Å². The summed E-state index contributed by atoms with van der Waals surface area (Å²) in [6.45, 7) is 4.02. The second-order valence-corrected chi connectivity index (χ2v) is 4.25. The number of aromatic nitrogens is 1. The molecule has 0 amide bonds. The van der Waals surface area contributed by atoms with Crippen molar-refractivity contribution in [2.45, 2.75) is 20.3 Å². The van der Waals surface area contributed by atoms with E-state index in [2.05, 4.69) is 0 Å². The van der Waals surface area contributed by atoms with Gasteiger partial charge in [0.25, 0.3) is 0 Å². The number of aryl methyl sites for hydroxylation is 1. The molecule has 1 aliphatic rings. The first-order valence-electron chi connectivity index (χ1n) is 4.20. The van der Waals surface area contributed by atoms with Crippen LogP contribution in [0, 0.1) is 5.41 Å². The molecule has 2 heteroatoms. The van der Waals surface area contributed by atoms with E-state index < -0.39 is 0 Å². The van der Waals surface area contributed by atoms with E-state index in [1.54, 1.807) is 0 Å². The molecule has 0 N–H and O–H groups in total. The van der Waals surface area contributed by atoms with Gasteiger partial charge in [0, 0.05) is 30.4 Å². The van der Waals surface area contributed by atoms with E-state index in [1.165, 1.54) is 5.56 Å². The highest BCUT2D eigenvalue weighted by atomic mass is 16.1. The molecular formula is C10H13NO. The second-order valence-electron chi connectivity index (χ2n) is 4.25. The standard InChI is InChI=1S/C10H13NO/c1-10(2)4-7-5-11(3)6-8(7)9(10)12/h5-6H,4H2,1-3H3. The van der Waals surface area contributed by atoms with Crippen LogP contribution in [0.3, 0.4) is 0 Å². The normalized spacial score (nSPS) is 19.8. The van der Waals surface area contributed by atoms with E-state index >= 15 is 0 Å². The van der Waals surface area contributed by atoms with Crippen molar-refractivity contribution in [3.05, 3.63) is 23.5 Å². The molecular weight excluding hydrogens is 150 g/mol. The minimum atomic E-state index is -0.168. The first-order valence-corrected chi connectivity index (χ1v) is 4.20. The Bertz CT molecular complexity index is 347. The van der Waals surface area contributed by atoms with Gasteiger partial charge in [-0.3, -0.25) is 4.79 Å². The average Bonchev–Trinajstić information content (AvgIpc) is 2.35. The molecule has 0 radical (unpaired) electrons. The zero-order valence-electron chi connectivity index (χ0n) is 7.72. The van der Waals surface area contributed by atoms with Gasteiger partial charge in [0.15, 0.2) is 5.78 Å². The molecule has 2 rings (SSSR count). The van der Waals surface area contributed by atoms with Gasteiger partial charge in [0.1, 0.15) is 0 Å². The van der Waals surface area contributed by atoms with Gasteiger partial charge in [-0.05, 0) is 12.0 Å². The van der Waals surface area contributed by atoms with E-state index in [0.29, 0.717) is 0 Å². The third kappa shape index (κ3) is 0.840. The van der Waals surface area contributed by atoms with Gasteiger partial charge in [0.05, 0.1) is 0 Å². The Morgan fingerprint density at radius 2 is 2.08 bits per heavy atom. The molecule has 0 saturated carbocycles. The molecule has 1 aliphatic carbocycles. The van der Waals surface area contributed by atoms with Crippen LogP contribution in [-0.4, -0.2) is 10.4 Å². The van der Waals surface area contributed by atoms with Crippen molar-refractivity contribution in [2.24, 2.45) is 12.5 Å². The summed E-state index contributed by atoms with van der Waals surface area (Å²) in [5, 5.41) is 0. The number of ketones is 1. The lowest BCUT2D eigenvalue weighted by molar-refractivity contribution is 0.0862. The van der Waals surface area contributed by atoms with Crippen molar-refractivity contribution in [1.29, 1.82) is 0 Å². The van der Waals surface area contributed by atoms with Crippen LogP contribution in [0.25, 0.3) is 0 Å². The third-order valence-corrected chi connectivity index (χ3v) is 2.53. The predicted octanol–water partition coefficient (Wildman–Crippen LogP) is 1.79. The molecule has 1 aromatic rings. The molecule has 2 nitrogen and oxygen atoms in total. The van der Waals surface area contributed by atoms with Gasteiger partial charge in [-0.1, -0.05) is 13.8 Å². The Morgan fingerprint density at radius 1 is 1.42 bits per heavy atom. The zero-order chi connectivity index (χ0) is 8.93. The van der Waals surface area contributed by atoms with Crippen molar-refractivity contribution in [3.63, 3.8) is 0 Å². The molecule has 0 atom stereocenters. The van der Waals surface area contributed by atoms with Crippen LogP contribution in [0.2, 0.25) is 0 Å². The Kier molecular flexibility index (Phi) is 1.27. The van der Waals surface area contributed by atoms with Gasteiger partial charge in [-0.2, -0.15) is 0 Å². The maximum atomic E-state index is 11.7. The first kappa shape index (κ1) is 7.59. The van der Waals surface area contributed by atoms with Crippen LogP contribution < -0.4 is 0 Å². The van der Waals surface area contributed by atoms with E-state index in [4.69, 9.17) is 0 Å². The highest BCUT2D eigenvalue weighted by Gasteiger charge is 2.38. The monoisotopic (exact) mass is 163 g/mol. The van der Waals surface area contributed by atoms with Crippen LogP contribution in [0.1, 0.15) is 29.8 Å². The minimum Gasteiger partial charge on any atom is -0.356 e. The van der Waals surface area contributed by atoms with E-state index in [9.17, 15) is 4.79 Å². The van der Waals surface area contributed by atoms with E-state index in [-0.39, 0.29) is 11.2 Å². The molecule has 1 heterocycles. The topological polar surface area (TPSA) is 22.0 Å². The van der Waals surface area contributed by atoms with E-state index in [1.807, 2.05) is 37.9 Å². The number of hydrogen-bond acceptors (Lipinski definition) is 1. The number of carbonyl (C=O) groups excluding carboxylic acids is 1. The van der Waals surface area contributed by atoms with Crippen molar-refractivity contribution >= 4 is 5.78 Å². The Labute approximate surface area is 72.2 Å². The highest BCUT2D eigenvalue weighted by molar-refractivity contribution is 6.04. The fourth-order valence-electron chi connectivity index (χ4n) is 1.91. The van der Waals surface area contributed by atoms with Gasteiger partial charge in [0.2, 0.25) is 0 Å². The average molecular weight is 163 g/mol.